The van der Waals surface area contributed by atoms with E-state index in [9.17, 15) is 9.59 Å². The Hall–Kier alpha value is -2.04. The number of nitrogens with zero attached hydrogens (tertiary/aromatic N) is 1. The number of anilines is 1. The highest BCUT2D eigenvalue weighted by Gasteiger charge is 2.31. The molecule has 5 nitrogen and oxygen atoms in total. The van der Waals surface area contributed by atoms with E-state index >= 15 is 0 Å². The molecule has 0 saturated heterocycles. The molecule has 1 aliphatic carbocycles. The molecule has 0 aromatic heterocycles. The van der Waals surface area contributed by atoms with Crippen molar-refractivity contribution in [2.24, 2.45) is 0 Å². The summed E-state index contributed by atoms with van der Waals surface area (Å²) in [6.45, 7) is 4.30. The predicted octanol–water partition coefficient (Wildman–Crippen LogP) is 2.71. The number of carbonyl (C=O) groups excluding carboxylic acids is 1. The number of carboxylic acids is 1. The molecule has 0 heterocycles. The minimum absolute atomic E-state index is 0.157. The number of rotatable bonds is 4. The summed E-state index contributed by atoms with van der Waals surface area (Å²) in [4.78, 5) is 25.0. The van der Waals surface area contributed by atoms with E-state index in [1.807, 2.05) is 6.92 Å². The number of benzene rings is 1. The molecule has 0 atom stereocenters. The first-order valence-electron chi connectivity index (χ1n) is 6.45. The van der Waals surface area contributed by atoms with Crippen molar-refractivity contribution < 1.29 is 14.7 Å². The molecule has 19 heavy (non-hydrogen) atoms. The van der Waals surface area contributed by atoms with Crippen LogP contribution in [-0.2, 0) is 0 Å². The standard InChI is InChI=1S/C14H18N2O3/c1-3-16(10-7-8-10)14(19)15-12-6-4-5-11(9(12)2)13(17)18/h4-6,10H,3,7-8H2,1-2H3,(H,15,19)(H,17,18). The van der Waals surface area contributed by atoms with Gasteiger partial charge in [0.25, 0.3) is 0 Å². The maximum absolute atomic E-state index is 12.1. The van der Waals surface area contributed by atoms with E-state index in [4.69, 9.17) is 5.11 Å². The van der Waals surface area contributed by atoms with Crippen molar-refractivity contribution in [2.45, 2.75) is 32.7 Å². The second-order valence-electron chi connectivity index (χ2n) is 4.73. The van der Waals surface area contributed by atoms with Gasteiger partial charge in [-0.25, -0.2) is 9.59 Å². The first kappa shape index (κ1) is 13.4. The Bertz CT molecular complexity index is 509. The molecule has 0 aliphatic heterocycles. The van der Waals surface area contributed by atoms with Crippen LogP contribution in [0.25, 0.3) is 0 Å². The Morgan fingerprint density at radius 3 is 2.63 bits per heavy atom. The molecule has 1 fully saturated rings. The third-order valence-electron chi connectivity index (χ3n) is 3.40. The van der Waals surface area contributed by atoms with Crippen molar-refractivity contribution >= 4 is 17.7 Å². The predicted molar refractivity (Wildman–Crippen MR) is 72.6 cm³/mol. The molecule has 2 rings (SSSR count). The van der Waals surface area contributed by atoms with Crippen molar-refractivity contribution in [2.75, 3.05) is 11.9 Å². The highest BCUT2D eigenvalue weighted by atomic mass is 16.4. The maximum Gasteiger partial charge on any atom is 0.336 e. The molecule has 5 heteroatoms. The van der Waals surface area contributed by atoms with Crippen molar-refractivity contribution in [1.82, 2.24) is 4.90 Å². The van der Waals surface area contributed by atoms with E-state index in [2.05, 4.69) is 5.32 Å². The average Bonchev–Trinajstić information content (AvgIpc) is 3.17. The van der Waals surface area contributed by atoms with Crippen LogP contribution in [0.2, 0.25) is 0 Å². The van der Waals surface area contributed by atoms with E-state index in [0.717, 1.165) is 12.8 Å². The molecular formula is C14H18N2O3. The number of hydrogen-bond donors (Lipinski definition) is 2. The van der Waals surface area contributed by atoms with Crippen LogP contribution < -0.4 is 5.32 Å². The maximum atomic E-state index is 12.1. The van der Waals surface area contributed by atoms with E-state index in [1.54, 1.807) is 24.0 Å². The molecule has 0 radical (unpaired) electrons. The second kappa shape index (κ2) is 5.30. The lowest BCUT2D eigenvalue weighted by Crippen LogP contribution is -2.36. The molecule has 0 unspecified atom stereocenters. The number of urea groups is 1. The number of carboxylic acid groups (broad SMARTS) is 1. The van der Waals surface area contributed by atoms with Crippen LogP contribution in [0.4, 0.5) is 10.5 Å². The molecular weight excluding hydrogens is 244 g/mol. The monoisotopic (exact) mass is 262 g/mol. The van der Waals surface area contributed by atoms with Gasteiger partial charge in [-0.3, -0.25) is 0 Å². The average molecular weight is 262 g/mol. The van der Waals surface area contributed by atoms with Gasteiger partial charge in [-0.05, 0) is 44.4 Å². The topological polar surface area (TPSA) is 69.6 Å². The van der Waals surface area contributed by atoms with Gasteiger partial charge in [0.2, 0.25) is 0 Å². The smallest absolute Gasteiger partial charge is 0.336 e. The van der Waals surface area contributed by atoms with Crippen LogP contribution in [0.5, 0.6) is 0 Å². The van der Waals surface area contributed by atoms with Crippen molar-refractivity contribution in [3.05, 3.63) is 29.3 Å². The van der Waals surface area contributed by atoms with E-state index in [1.165, 1.54) is 6.07 Å². The van der Waals surface area contributed by atoms with Gasteiger partial charge >= 0.3 is 12.0 Å². The van der Waals surface area contributed by atoms with Crippen LogP contribution >= 0.6 is 0 Å². The summed E-state index contributed by atoms with van der Waals surface area (Å²) >= 11 is 0. The summed E-state index contributed by atoms with van der Waals surface area (Å²) in [5.41, 5.74) is 1.35. The number of nitrogens with one attached hydrogen (secondary N) is 1. The highest BCUT2D eigenvalue weighted by Crippen LogP contribution is 2.27. The summed E-state index contributed by atoms with van der Waals surface area (Å²) in [6.07, 6.45) is 2.10. The van der Waals surface area contributed by atoms with Gasteiger partial charge in [0, 0.05) is 18.3 Å². The van der Waals surface area contributed by atoms with Gasteiger partial charge in [-0.1, -0.05) is 6.07 Å². The minimum Gasteiger partial charge on any atom is -0.478 e. The summed E-state index contributed by atoms with van der Waals surface area (Å²) in [7, 11) is 0. The zero-order valence-corrected chi connectivity index (χ0v) is 11.1. The molecule has 102 valence electrons. The number of aromatic carboxylic acids is 1. The second-order valence-corrected chi connectivity index (χ2v) is 4.73. The lowest BCUT2D eigenvalue weighted by molar-refractivity contribution is 0.0696. The van der Waals surface area contributed by atoms with Gasteiger partial charge in [0.15, 0.2) is 0 Å². The van der Waals surface area contributed by atoms with Crippen LogP contribution in [0.1, 0.15) is 35.7 Å². The molecule has 1 aromatic rings. The fraction of sp³-hybridized carbons (Fsp3) is 0.429. The number of hydrogen-bond acceptors (Lipinski definition) is 2. The Morgan fingerprint density at radius 2 is 2.11 bits per heavy atom. The fourth-order valence-electron chi connectivity index (χ4n) is 2.14. The van der Waals surface area contributed by atoms with Crippen molar-refractivity contribution in [1.29, 1.82) is 0 Å². The fourth-order valence-corrected chi connectivity index (χ4v) is 2.14. The Kier molecular flexibility index (Phi) is 3.74. The van der Waals surface area contributed by atoms with Crippen molar-refractivity contribution in [3.8, 4) is 0 Å². The Balaban J connectivity index is 2.16. The van der Waals surface area contributed by atoms with Gasteiger partial charge in [0.05, 0.1) is 5.56 Å². The quantitative estimate of drug-likeness (QED) is 0.876. The van der Waals surface area contributed by atoms with Crippen LogP contribution in [0.3, 0.4) is 0 Å². The zero-order valence-electron chi connectivity index (χ0n) is 11.1. The Morgan fingerprint density at radius 1 is 1.42 bits per heavy atom. The molecule has 1 aromatic carbocycles. The molecule has 0 bridgehead atoms. The van der Waals surface area contributed by atoms with Gasteiger partial charge in [-0.2, -0.15) is 0 Å². The molecule has 1 saturated carbocycles. The highest BCUT2D eigenvalue weighted by molar-refractivity contribution is 5.95. The van der Waals surface area contributed by atoms with Crippen LogP contribution in [-0.4, -0.2) is 34.6 Å². The van der Waals surface area contributed by atoms with Gasteiger partial charge in [0.1, 0.15) is 0 Å². The number of amides is 2. The summed E-state index contributed by atoms with van der Waals surface area (Å²) in [5, 5.41) is 11.9. The SMILES string of the molecule is CCN(C(=O)Nc1cccc(C(=O)O)c1C)C1CC1. The zero-order chi connectivity index (χ0) is 14.0. The van der Waals surface area contributed by atoms with Crippen LogP contribution in [0, 0.1) is 6.92 Å². The first-order valence-corrected chi connectivity index (χ1v) is 6.45. The third-order valence-corrected chi connectivity index (χ3v) is 3.40. The van der Waals surface area contributed by atoms with Crippen molar-refractivity contribution in [3.63, 3.8) is 0 Å². The van der Waals surface area contributed by atoms with Gasteiger partial charge < -0.3 is 15.3 Å². The summed E-state index contributed by atoms with van der Waals surface area (Å²) in [5.74, 6) is -0.983. The lowest BCUT2D eigenvalue weighted by Gasteiger charge is -2.21. The molecule has 1 aliphatic rings. The van der Waals surface area contributed by atoms with E-state index in [-0.39, 0.29) is 11.6 Å². The Labute approximate surface area is 112 Å². The third kappa shape index (κ3) is 2.86. The molecule has 2 N–H and O–H groups in total. The first-order chi connectivity index (χ1) is 9.04. The summed E-state index contributed by atoms with van der Waals surface area (Å²) < 4.78 is 0. The molecule has 0 spiro atoms. The van der Waals surface area contributed by atoms with Gasteiger partial charge in [-0.15, -0.1) is 0 Å². The van der Waals surface area contributed by atoms with Crippen LogP contribution in [0.15, 0.2) is 18.2 Å². The van der Waals surface area contributed by atoms with E-state index in [0.29, 0.717) is 23.8 Å². The molecule has 2 amide bonds. The minimum atomic E-state index is -0.983. The largest absolute Gasteiger partial charge is 0.478 e. The van der Waals surface area contributed by atoms with E-state index < -0.39 is 5.97 Å². The lowest BCUT2D eigenvalue weighted by atomic mass is 10.1. The summed E-state index contributed by atoms with van der Waals surface area (Å²) in [6, 6.07) is 5.08. The number of carbonyl (C=O) groups is 2. The normalized spacial score (nSPS) is 14.0.